The number of halogens is 1. The molecule has 0 bridgehead atoms. The smallest absolute Gasteiger partial charge is 0.232 e. The number of benzene rings is 1. The summed E-state index contributed by atoms with van der Waals surface area (Å²) >= 11 is 0. The van der Waals surface area contributed by atoms with Crippen LogP contribution in [0.4, 0.5) is 10.3 Å². The van der Waals surface area contributed by atoms with Crippen molar-refractivity contribution >= 4 is 12.0 Å². The molecule has 3 aromatic heterocycles. The summed E-state index contributed by atoms with van der Waals surface area (Å²) in [4.78, 5) is 22.5. The maximum absolute atomic E-state index is 13.6. The van der Waals surface area contributed by atoms with Crippen LogP contribution in [0, 0.1) is 5.82 Å². The highest BCUT2D eigenvalue weighted by Gasteiger charge is 2.31. The average molecular weight is 455 g/mol. The lowest BCUT2D eigenvalue weighted by atomic mass is 10.1. The van der Waals surface area contributed by atoms with E-state index in [4.69, 9.17) is 15.5 Å². The minimum atomic E-state index is -0.295. The summed E-state index contributed by atoms with van der Waals surface area (Å²) in [5, 5.41) is 0. The zero-order valence-corrected chi connectivity index (χ0v) is 18.4. The molecule has 2 N–H and O–H groups in total. The van der Waals surface area contributed by atoms with Crippen LogP contribution < -0.4 is 10.5 Å². The zero-order valence-electron chi connectivity index (χ0n) is 18.4. The molecular weight excluding hydrogens is 433 g/mol. The number of ether oxygens (including phenoxy) is 1. The van der Waals surface area contributed by atoms with Gasteiger partial charge in [-0.1, -0.05) is 6.08 Å². The fraction of sp³-hybridized carbons (Fsp3) is 0.240. The van der Waals surface area contributed by atoms with Gasteiger partial charge in [-0.05, 0) is 55.7 Å². The van der Waals surface area contributed by atoms with Crippen molar-refractivity contribution < 1.29 is 9.13 Å². The molecule has 170 valence electrons. The van der Waals surface area contributed by atoms with Gasteiger partial charge in [-0.3, -0.25) is 0 Å². The van der Waals surface area contributed by atoms with Crippen LogP contribution >= 0.6 is 0 Å². The molecule has 2 aliphatic rings. The topological polar surface area (TPSA) is 105 Å². The van der Waals surface area contributed by atoms with Crippen LogP contribution in [0.25, 0.3) is 28.7 Å². The van der Waals surface area contributed by atoms with Crippen molar-refractivity contribution in [3.8, 4) is 28.5 Å². The lowest BCUT2D eigenvalue weighted by Crippen LogP contribution is -2.16. The first kappa shape index (κ1) is 20.5. The Morgan fingerprint density at radius 2 is 1.94 bits per heavy atom. The summed E-state index contributed by atoms with van der Waals surface area (Å²) in [6, 6.07) is 8.16. The summed E-state index contributed by atoms with van der Waals surface area (Å²) in [6.45, 7) is 0.420. The number of rotatable bonds is 5. The van der Waals surface area contributed by atoms with E-state index in [9.17, 15) is 4.39 Å². The number of fused-ring (bicyclic) bond motifs is 2. The quantitative estimate of drug-likeness (QED) is 0.484. The second kappa shape index (κ2) is 8.33. The van der Waals surface area contributed by atoms with Crippen LogP contribution in [-0.4, -0.2) is 36.1 Å². The van der Waals surface area contributed by atoms with E-state index in [0.29, 0.717) is 18.2 Å². The predicted molar refractivity (Wildman–Crippen MR) is 125 cm³/mol. The molecule has 1 aliphatic carbocycles. The maximum atomic E-state index is 13.6. The fourth-order valence-corrected chi connectivity index (χ4v) is 4.60. The van der Waals surface area contributed by atoms with Crippen molar-refractivity contribution in [2.45, 2.75) is 31.7 Å². The minimum Gasteiger partial charge on any atom is -0.474 e. The van der Waals surface area contributed by atoms with Crippen LogP contribution in [0.15, 0.2) is 48.8 Å². The van der Waals surface area contributed by atoms with Gasteiger partial charge in [-0.2, -0.15) is 0 Å². The first-order valence-electron chi connectivity index (χ1n) is 11.3. The van der Waals surface area contributed by atoms with Crippen molar-refractivity contribution in [1.82, 2.24) is 29.5 Å². The van der Waals surface area contributed by atoms with E-state index in [-0.39, 0.29) is 17.8 Å². The fourth-order valence-electron chi connectivity index (χ4n) is 4.60. The van der Waals surface area contributed by atoms with Gasteiger partial charge < -0.3 is 15.0 Å². The Bertz CT molecular complexity index is 1400. The molecule has 9 heteroatoms. The molecule has 4 aromatic rings. The van der Waals surface area contributed by atoms with E-state index >= 15 is 0 Å². The number of nitrogens with two attached hydrogens (primary N) is 1. The molecular formula is C25H22FN7O. The van der Waals surface area contributed by atoms with Crippen LogP contribution in [0.2, 0.25) is 0 Å². The number of hydrogen-bond donors (Lipinski definition) is 1. The normalized spacial score (nSPS) is 16.3. The van der Waals surface area contributed by atoms with Crippen molar-refractivity contribution in [1.29, 1.82) is 0 Å². The number of aromatic nitrogens is 6. The Hall–Kier alpha value is -4.14. The number of aryl methyl sites for hydroxylation is 2. The summed E-state index contributed by atoms with van der Waals surface area (Å²) in [7, 11) is 0. The first-order valence-corrected chi connectivity index (χ1v) is 11.3. The van der Waals surface area contributed by atoms with Crippen molar-refractivity contribution in [3.63, 3.8) is 0 Å². The SMILES string of the molecule is Nc1nccc(-c2c(-c3ccc(F)cc3)nc3n2C(COc2cnc4c(n2)CCC=C4)CC3)n1. The van der Waals surface area contributed by atoms with Crippen molar-refractivity contribution in [2.24, 2.45) is 0 Å². The Labute approximate surface area is 195 Å². The van der Waals surface area contributed by atoms with Gasteiger partial charge in [0.05, 0.1) is 40.7 Å². The van der Waals surface area contributed by atoms with Gasteiger partial charge in [0.25, 0.3) is 0 Å². The van der Waals surface area contributed by atoms with E-state index < -0.39 is 0 Å². The summed E-state index contributed by atoms with van der Waals surface area (Å²) in [6.07, 6.45) is 10.9. The van der Waals surface area contributed by atoms with Gasteiger partial charge in [-0.25, -0.2) is 29.3 Å². The number of imidazole rings is 1. The van der Waals surface area contributed by atoms with Gasteiger partial charge in [0, 0.05) is 18.2 Å². The monoisotopic (exact) mass is 455 g/mol. The highest BCUT2D eigenvalue weighted by Crippen LogP contribution is 2.39. The average Bonchev–Trinajstić information content (AvgIpc) is 3.42. The molecule has 1 unspecified atom stereocenters. The minimum absolute atomic E-state index is 0.0283. The number of anilines is 1. The molecule has 0 radical (unpaired) electrons. The number of allylic oxidation sites excluding steroid dienone is 1. The van der Waals surface area contributed by atoms with E-state index in [1.54, 1.807) is 24.5 Å². The van der Waals surface area contributed by atoms with E-state index in [2.05, 4.69) is 30.6 Å². The number of hydrogen-bond acceptors (Lipinski definition) is 7. The Morgan fingerprint density at radius 3 is 2.79 bits per heavy atom. The van der Waals surface area contributed by atoms with Crippen molar-refractivity contribution in [2.75, 3.05) is 12.3 Å². The second-order valence-electron chi connectivity index (χ2n) is 8.39. The van der Waals surface area contributed by atoms with Gasteiger partial charge in [0.15, 0.2) is 0 Å². The van der Waals surface area contributed by atoms with Gasteiger partial charge in [0.1, 0.15) is 18.2 Å². The lowest BCUT2D eigenvalue weighted by Gasteiger charge is -2.18. The first-order chi connectivity index (χ1) is 16.7. The second-order valence-corrected chi connectivity index (χ2v) is 8.39. The predicted octanol–water partition coefficient (Wildman–Crippen LogP) is 4.04. The Balaban J connectivity index is 1.36. The molecule has 6 rings (SSSR count). The van der Waals surface area contributed by atoms with E-state index in [1.807, 2.05) is 12.1 Å². The van der Waals surface area contributed by atoms with Crippen LogP contribution in [0.1, 0.15) is 36.1 Å². The van der Waals surface area contributed by atoms with Gasteiger partial charge in [0.2, 0.25) is 11.8 Å². The summed E-state index contributed by atoms with van der Waals surface area (Å²) in [5.41, 5.74) is 10.8. The molecule has 0 amide bonds. The molecule has 1 aromatic carbocycles. The molecule has 4 heterocycles. The zero-order chi connectivity index (χ0) is 23.1. The molecule has 8 nitrogen and oxygen atoms in total. The molecule has 0 spiro atoms. The van der Waals surface area contributed by atoms with Crippen LogP contribution in [-0.2, 0) is 12.8 Å². The van der Waals surface area contributed by atoms with Crippen molar-refractivity contribution in [3.05, 3.63) is 71.8 Å². The van der Waals surface area contributed by atoms with Crippen LogP contribution in [0.3, 0.4) is 0 Å². The highest BCUT2D eigenvalue weighted by molar-refractivity contribution is 5.78. The molecule has 0 saturated carbocycles. The third-order valence-corrected chi connectivity index (χ3v) is 6.19. The number of nitrogen functional groups attached to an aromatic ring is 1. The molecule has 0 fully saturated rings. The standard InChI is InChI=1S/C25H22FN7O/c26-16-7-5-15(6-8-16)23-24(20-11-12-28-25(27)31-20)33-17(9-10-21(33)32-23)14-34-22-13-29-18-3-1-2-4-19(18)30-22/h1,3,5-8,11-13,17H,2,4,9-10,14H2,(H2,27,28,31). The maximum Gasteiger partial charge on any atom is 0.232 e. The molecule has 0 saturated heterocycles. The van der Waals surface area contributed by atoms with Crippen LogP contribution in [0.5, 0.6) is 5.88 Å². The molecule has 1 aliphatic heterocycles. The Morgan fingerprint density at radius 1 is 1.06 bits per heavy atom. The largest absolute Gasteiger partial charge is 0.474 e. The highest BCUT2D eigenvalue weighted by atomic mass is 19.1. The number of nitrogens with zero attached hydrogens (tertiary/aromatic N) is 6. The summed E-state index contributed by atoms with van der Waals surface area (Å²) < 4.78 is 21.8. The lowest BCUT2D eigenvalue weighted by molar-refractivity contribution is 0.245. The summed E-state index contributed by atoms with van der Waals surface area (Å²) in [5.74, 6) is 1.34. The van der Waals surface area contributed by atoms with E-state index in [0.717, 1.165) is 59.8 Å². The van der Waals surface area contributed by atoms with Gasteiger partial charge >= 0.3 is 0 Å². The van der Waals surface area contributed by atoms with E-state index in [1.165, 1.54) is 12.1 Å². The molecule has 1 atom stereocenters. The third kappa shape index (κ3) is 3.68. The van der Waals surface area contributed by atoms with Gasteiger partial charge in [-0.15, -0.1) is 0 Å². The third-order valence-electron chi connectivity index (χ3n) is 6.19. The Kier molecular flexibility index (Phi) is 5.01. The molecule has 34 heavy (non-hydrogen) atoms.